The molecule has 0 atom stereocenters. The second-order valence-electron chi connectivity index (χ2n) is 7.59. The SMILES string of the molecule is CCOc1ccc(CN(C)CC(=O)Nc2c(C)nn(-c3ccc(C)cc3)c2C)cc1. The van der Waals surface area contributed by atoms with Gasteiger partial charge in [-0.2, -0.15) is 5.10 Å². The van der Waals surface area contributed by atoms with E-state index in [0.29, 0.717) is 19.7 Å². The van der Waals surface area contributed by atoms with Crippen molar-refractivity contribution in [3.05, 3.63) is 71.0 Å². The van der Waals surface area contributed by atoms with Gasteiger partial charge in [-0.25, -0.2) is 4.68 Å². The maximum absolute atomic E-state index is 12.6. The maximum atomic E-state index is 12.6. The molecule has 0 saturated heterocycles. The van der Waals surface area contributed by atoms with Crippen molar-refractivity contribution in [2.45, 2.75) is 34.2 Å². The summed E-state index contributed by atoms with van der Waals surface area (Å²) in [6, 6.07) is 16.1. The van der Waals surface area contributed by atoms with Gasteiger partial charge in [0.1, 0.15) is 5.75 Å². The highest BCUT2D eigenvalue weighted by Gasteiger charge is 2.16. The van der Waals surface area contributed by atoms with Crippen molar-refractivity contribution in [3.8, 4) is 11.4 Å². The number of carbonyl (C=O) groups excluding carboxylic acids is 1. The van der Waals surface area contributed by atoms with Crippen LogP contribution in [0.5, 0.6) is 5.75 Å². The number of benzene rings is 2. The van der Waals surface area contributed by atoms with Gasteiger partial charge in [0.25, 0.3) is 0 Å². The second kappa shape index (κ2) is 9.59. The lowest BCUT2D eigenvalue weighted by Crippen LogP contribution is -2.30. The molecule has 1 amide bonds. The van der Waals surface area contributed by atoms with Crippen LogP contribution < -0.4 is 10.1 Å². The van der Waals surface area contributed by atoms with Crippen LogP contribution >= 0.6 is 0 Å². The Bertz CT molecular complexity index is 991. The molecule has 3 rings (SSSR count). The van der Waals surface area contributed by atoms with Gasteiger partial charge >= 0.3 is 0 Å². The summed E-state index contributed by atoms with van der Waals surface area (Å²) in [7, 11) is 1.94. The lowest BCUT2D eigenvalue weighted by atomic mass is 10.2. The van der Waals surface area contributed by atoms with E-state index in [9.17, 15) is 4.79 Å². The summed E-state index contributed by atoms with van der Waals surface area (Å²) in [6.45, 7) is 9.53. The van der Waals surface area contributed by atoms with Crippen LogP contribution in [0.3, 0.4) is 0 Å². The van der Waals surface area contributed by atoms with Gasteiger partial charge in [0, 0.05) is 6.54 Å². The fourth-order valence-electron chi connectivity index (χ4n) is 3.41. The molecule has 6 nitrogen and oxygen atoms in total. The third kappa shape index (κ3) is 5.27. The number of hydrogen-bond donors (Lipinski definition) is 1. The topological polar surface area (TPSA) is 59.4 Å². The van der Waals surface area contributed by atoms with E-state index in [0.717, 1.165) is 34.1 Å². The second-order valence-corrected chi connectivity index (χ2v) is 7.59. The summed E-state index contributed by atoms with van der Waals surface area (Å²) >= 11 is 0. The Morgan fingerprint density at radius 2 is 1.73 bits per heavy atom. The Kier molecular flexibility index (Phi) is 6.90. The molecule has 0 aliphatic rings. The Morgan fingerprint density at radius 3 is 2.37 bits per heavy atom. The van der Waals surface area contributed by atoms with E-state index in [1.165, 1.54) is 5.56 Å². The van der Waals surface area contributed by atoms with Crippen LogP contribution in [0.2, 0.25) is 0 Å². The first-order valence-electron chi connectivity index (χ1n) is 10.2. The zero-order valence-electron chi connectivity index (χ0n) is 18.4. The summed E-state index contributed by atoms with van der Waals surface area (Å²) < 4.78 is 7.34. The van der Waals surface area contributed by atoms with Gasteiger partial charge in [-0.1, -0.05) is 29.8 Å². The van der Waals surface area contributed by atoms with E-state index in [2.05, 4.69) is 29.5 Å². The minimum Gasteiger partial charge on any atom is -0.494 e. The summed E-state index contributed by atoms with van der Waals surface area (Å²) in [4.78, 5) is 14.6. The van der Waals surface area contributed by atoms with E-state index >= 15 is 0 Å². The van der Waals surface area contributed by atoms with E-state index in [-0.39, 0.29) is 5.91 Å². The predicted molar refractivity (Wildman–Crippen MR) is 120 cm³/mol. The number of ether oxygens (including phenoxy) is 1. The quantitative estimate of drug-likeness (QED) is 0.607. The minimum absolute atomic E-state index is 0.0573. The monoisotopic (exact) mass is 406 g/mol. The number of likely N-dealkylation sites (N-methyl/N-ethyl adjacent to an activating group) is 1. The lowest BCUT2D eigenvalue weighted by molar-refractivity contribution is -0.117. The van der Waals surface area contributed by atoms with E-state index in [1.807, 2.05) is 73.8 Å². The van der Waals surface area contributed by atoms with Crippen LogP contribution in [-0.4, -0.2) is 40.8 Å². The number of hydrogen-bond acceptors (Lipinski definition) is 4. The van der Waals surface area contributed by atoms with Crippen molar-refractivity contribution < 1.29 is 9.53 Å². The molecule has 0 fully saturated rings. The number of amides is 1. The number of carbonyl (C=O) groups is 1. The average Bonchev–Trinajstić information content (AvgIpc) is 2.98. The summed E-state index contributed by atoms with van der Waals surface area (Å²) in [5.74, 6) is 0.802. The fraction of sp³-hybridized carbons (Fsp3) is 0.333. The molecule has 6 heteroatoms. The summed E-state index contributed by atoms with van der Waals surface area (Å²) in [5.41, 5.74) is 5.80. The van der Waals surface area contributed by atoms with E-state index in [4.69, 9.17) is 4.74 Å². The van der Waals surface area contributed by atoms with Crippen molar-refractivity contribution in [2.75, 3.05) is 25.5 Å². The first-order valence-corrected chi connectivity index (χ1v) is 10.2. The fourth-order valence-corrected chi connectivity index (χ4v) is 3.41. The van der Waals surface area contributed by atoms with Crippen LogP contribution in [0, 0.1) is 20.8 Å². The molecule has 0 aliphatic carbocycles. The van der Waals surface area contributed by atoms with Crippen LogP contribution in [0.15, 0.2) is 48.5 Å². The largest absolute Gasteiger partial charge is 0.494 e. The van der Waals surface area contributed by atoms with Gasteiger partial charge in [-0.15, -0.1) is 0 Å². The van der Waals surface area contributed by atoms with Gasteiger partial charge in [-0.05, 0) is 64.6 Å². The average molecular weight is 407 g/mol. The molecule has 3 aromatic rings. The summed E-state index contributed by atoms with van der Waals surface area (Å²) in [6.07, 6.45) is 0. The summed E-state index contributed by atoms with van der Waals surface area (Å²) in [5, 5.41) is 7.65. The van der Waals surface area contributed by atoms with E-state index < -0.39 is 0 Å². The number of nitrogens with one attached hydrogen (secondary N) is 1. The molecule has 1 N–H and O–H groups in total. The van der Waals surface area contributed by atoms with Crippen LogP contribution in [0.1, 0.15) is 29.4 Å². The third-order valence-corrected chi connectivity index (χ3v) is 4.93. The zero-order chi connectivity index (χ0) is 21.7. The molecule has 0 bridgehead atoms. The molecule has 0 unspecified atom stereocenters. The highest BCUT2D eigenvalue weighted by molar-refractivity contribution is 5.93. The molecule has 0 radical (unpaired) electrons. The molecule has 2 aromatic carbocycles. The van der Waals surface area contributed by atoms with Gasteiger partial charge in [0.2, 0.25) is 5.91 Å². The normalized spacial score (nSPS) is 11.0. The van der Waals surface area contributed by atoms with Crippen molar-refractivity contribution in [1.82, 2.24) is 14.7 Å². The Balaban J connectivity index is 1.62. The number of aromatic nitrogens is 2. The van der Waals surface area contributed by atoms with Crippen LogP contribution in [-0.2, 0) is 11.3 Å². The Labute approximate surface area is 178 Å². The van der Waals surface area contributed by atoms with Crippen LogP contribution in [0.25, 0.3) is 5.69 Å². The first kappa shape index (κ1) is 21.6. The van der Waals surface area contributed by atoms with Crippen molar-refractivity contribution >= 4 is 11.6 Å². The highest BCUT2D eigenvalue weighted by Crippen LogP contribution is 2.23. The van der Waals surface area contributed by atoms with Crippen molar-refractivity contribution in [3.63, 3.8) is 0 Å². The molecule has 30 heavy (non-hydrogen) atoms. The number of anilines is 1. The first-order chi connectivity index (χ1) is 14.4. The minimum atomic E-state index is -0.0573. The van der Waals surface area contributed by atoms with Gasteiger partial charge in [0.15, 0.2) is 0 Å². The highest BCUT2D eigenvalue weighted by atomic mass is 16.5. The van der Waals surface area contributed by atoms with Crippen LogP contribution in [0.4, 0.5) is 5.69 Å². The molecular weight excluding hydrogens is 376 g/mol. The standard InChI is InChI=1S/C24H30N4O2/c1-6-30-22-13-9-20(10-14-22)15-27(5)16-23(29)25-24-18(3)26-28(19(24)4)21-11-7-17(2)8-12-21/h7-14H,6,15-16H2,1-5H3,(H,25,29). The molecule has 158 valence electrons. The van der Waals surface area contributed by atoms with E-state index in [1.54, 1.807) is 0 Å². The van der Waals surface area contributed by atoms with Crippen molar-refractivity contribution in [1.29, 1.82) is 0 Å². The number of rotatable bonds is 8. The smallest absolute Gasteiger partial charge is 0.238 e. The predicted octanol–water partition coefficient (Wildman–Crippen LogP) is 4.27. The van der Waals surface area contributed by atoms with Gasteiger partial charge in [-0.3, -0.25) is 9.69 Å². The third-order valence-electron chi connectivity index (χ3n) is 4.93. The molecule has 1 aromatic heterocycles. The molecule has 1 heterocycles. The van der Waals surface area contributed by atoms with Gasteiger partial charge < -0.3 is 10.1 Å². The molecule has 0 spiro atoms. The number of nitrogens with zero attached hydrogens (tertiary/aromatic N) is 3. The Hall–Kier alpha value is -3.12. The molecule has 0 aliphatic heterocycles. The zero-order valence-corrected chi connectivity index (χ0v) is 18.4. The Morgan fingerprint density at radius 1 is 1.07 bits per heavy atom. The maximum Gasteiger partial charge on any atom is 0.238 e. The van der Waals surface area contributed by atoms with Gasteiger partial charge in [0.05, 0.1) is 35.9 Å². The van der Waals surface area contributed by atoms with Crippen molar-refractivity contribution in [2.24, 2.45) is 0 Å². The molecular formula is C24H30N4O2. The number of aryl methyl sites for hydroxylation is 2. The molecule has 0 saturated carbocycles. The lowest BCUT2D eigenvalue weighted by Gasteiger charge is -2.17.